The summed E-state index contributed by atoms with van der Waals surface area (Å²) in [6, 6.07) is 5.00. The Bertz CT molecular complexity index is 314. The second-order valence-corrected chi connectivity index (χ2v) is 5.24. The van der Waals surface area contributed by atoms with Gasteiger partial charge in [-0.05, 0) is 48.6 Å². The molecule has 0 radical (unpaired) electrons. The average Bonchev–Trinajstić information content (AvgIpc) is 2.16. The van der Waals surface area contributed by atoms with Crippen LogP contribution in [0.25, 0.3) is 0 Å². The zero-order valence-electron chi connectivity index (χ0n) is 9.19. The van der Waals surface area contributed by atoms with Crippen molar-refractivity contribution >= 4 is 15.9 Å². The van der Waals surface area contributed by atoms with Gasteiger partial charge in [0.25, 0.3) is 0 Å². The van der Waals surface area contributed by atoms with E-state index >= 15 is 0 Å². The number of hydrogen-bond donors (Lipinski definition) is 1. The van der Waals surface area contributed by atoms with Crippen molar-refractivity contribution in [1.29, 1.82) is 0 Å². The summed E-state index contributed by atoms with van der Waals surface area (Å²) >= 11 is 3.29. The number of rotatable bonds is 4. The van der Waals surface area contributed by atoms with Crippen LogP contribution in [0.1, 0.15) is 25.8 Å². The number of hydrogen-bond acceptors (Lipinski definition) is 1. The zero-order chi connectivity index (χ0) is 11.5. The molecule has 0 spiro atoms. The molecule has 0 heterocycles. The molecule has 1 atom stereocenters. The molecular weight excluding hydrogens is 257 g/mol. The highest BCUT2D eigenvalue weighted by molar-refractivity contribution is 9.10. The van der Waals surface area contributed by atoms with E-state index in [0.29, 0.717) is 6.54 Å². The molecule has 84 valence electrons. The molecule has 0 saturated carbocycles. The lowest BCUT2D eigenvalue weighted by atomic mass is 9.81. The molecule has 0 fully saturated rings. The summed E-state index contributed by atoms with van der Waals surface area (Å²) in [6.45, 7) is 4.87. The molecule has 2 N–H and O–H groups in total. The minimum atomic E-state index is -0.199. The third-order valence-corrected chi connectivity index (χ3v) is 3.36. The summed E-state index contributed by atoms with van der Waals surface area (Å²) in [5, 5.41) is 0. The Balaban J connectivity index is 2.88. The van der Waals surface area contributed by atoms with Gasteiger partial charge in [-0.25, -0.2) is 4.39 Å². The normalized spacial score (nSPS) is 15.0. The molecule has 0 aliphatic heterocycles. The lowest BCUT2D eigenvalue weighted by Crippen LogP contribution is -2.28. The van der Waals surface area contributed by atoms with Crippen LogP contribution in [0.4, 0.5) is 4.39 Å². The third kappa shape index (κ3) is 3.58. The van der Waals surface area contributed by atoms with E-state index in [1.54, 1.807) is 6.07 Å². The van der Waals surface area contributed by atoms with Crippen LogP contribution < -0.4 is 5.73 Å². The van der Waals surface area contributed by atoms with E-state index in [1.807, 2.05) is 6.07 Å². The van der Waals surface area contributed by atoms with E-state index in [2.05, 4.69) is 29.8 Å². The molecule has 3 heteroatoms. The van der Waals surface area contributed by atoms with Gasteiger partial charge in [-0.2, -0.15) is 0 Å². The second kappa shape index (κ2) is 5.08. The fourth-order valence-electron chi connectivity index (χ4n) is 1.55. The summed E-state index contributed by atoms with van der Waals surface area (Å²) in [7, 11) is 0. The van der Waals surface area contributed by atoms with Gasteiger partial charge in [0, 0.05) is 4.47 Å². The molecule has 0 aromatic heterocycles. The van der Waals surface area contributed by atoms with Crippen molar-refractivity contribution < 1.29 is 4.39 Å². The molecule has 1 aromatic carbocycles. The number of benzene rings is 1. The van der Waals surface area contributed by atoms with Crippen LogP contribution in [0.5, 0.6) is 0 Å². The van der Waals surface area contributed by atoms with Crippen LogP contribution >= 0.6 is 15.9 Å². The maximum absolute atomic E-state index is 13.1. The molecular formula is C12H17BrFN. The summed E-state index contributed by atoms with van der Waals surface area (Å²) < 4.78 is 13.9. The Morgan fingerprint density at radius 3 is 2.53 bits per heavy atom. The Hall–Kier alpha value is -0.410. The summed E-state index contributed by atoms with van der Waals surface area (Å²) in [4.78, 5) is 0. The van der Waals surface area contributed by atoms with Gasteiger partial charge in [0.15, 0.2) is 0 Å². The van der Waals surface area contributed by atoms with Gasteiger partial charge in [0.05, 0.1) is 0 Å². The lowest BCUT2D eigenvalue weighted by molar-refractivity contribution is 0.320. The van der Waals surface area contributed by atoms with Crippen molar-refractivity contribution in [2.24, 2.45) is 11.1 Å². The van der Waals surface area contributed by atoms with Crippen molar-refractivity contribution in [3.8, 4) is 0 Å². The van der Waals surface area contributed by atoms with Gasteiger partial charge in [-0.1, -0.05) is 29.8 Å². The van der Waals surface area contributed by atoms with Crippen LogP contribution in [0.2, 0.25) is 0 Å². The van der Waals surface area contributed by atoms with Crippen LogP contribution in [-0.2, 0) is 6.42 Å². The van der Waals surface area contributed by atoms with Gasteiger partial charge in [0.1, 0.15) is 5.82 Å². The number of halogens is 2. The monoisotopic (exact) mass is 273 g/mol. The number of nitrogens with two attached hydrogens (primary N) is 1. The van der Waals surface area contributed by atoms with Crippen molar-refractivity contribution in [3.05, 3.63) is 34.1 Å². The van der Waals surface area contributed by atoms with Crippen LogP contribution in [0.3, 0.4) is 0 Å². The maximum Gasteiger partial charge on any atom is 0.124 e. The Morgan fingerprint density at radius 2 is 2.07 bits per heavy atom. The predicted octanol–water partition coefficient (Wildman–Crippen LogP) is 3.51. The van der Waals surface area contributed by atoms with E-state index in [1.165, 1.54) is 6.07 Å². The quantitative estimate of drug-likeness (QED) is 0.893. The Labute approximate surface area is 99.0 Å². The molecule has 15 heavy (non-hydrogen) atoms. The largest absolute Gasteiger partial charge is 0.330 e. The van der Waals surface area contributed by atoms with E-state index in [9.17, 15) is 4.39 Å². The van der Waals surface area contributed by atoms with Crippen LogP contribution in [-0.4, -0.2) is 6.54 Å². The SMILES string of the molecule is CCC(C)(CN)Cc1cc(F)cc(Br)c1. The van der Waals surface area contributed by atoms with Crippen molar-refractivity contribution in [2.45, 2.75) is 26.7 Å². The smallest absolute Gasteiger partial charge is 0.124 e. The molecule has 1 rings (SSSR count). The van der Waals surface area contributed by atoms with Crippen LogP contribution in [0.15, 0.2) is 22.7 Å². The molecule has 1 nitrogen and oxygen atoms in total. The van der Waals surface area contributed by atoms with Crippen molar-refractivity contribution in [2.75, 3.05) is 6.54 Å². The van der Waals surface area contributed by atoms with Crippen LogP contribution in [0, 0.1) is 11.2 Å². The minimum absolute atomic E-state index is 0.0627. The summed E-state index contributed by atoms with van der Waals surface area (Å²) in [6.07, 6.45) is 1.81. The van der Waals surface area contributed by atoms with E-state index in [0.717, 1.165) is 22.9 Å². The molecule has 1 unspecified atom stereocenters. The average molecular weight is 274 g/mol. The topological polar surface area (TPSA) is 26.0 Å². The standard InChI is InChI=1S/C12H17BrFN/c1-3-12(2,8-15)7-9-4-10(13)6-11(14)5-9/h4-6H,3,7-8,15H2,1-2H3. The highest BCUT2D eigenvalue weighted by atomic mass is 79.9. The summed E-state index contributed by atoms with van der Waals surface area (Å²) in [5.41, 5.74) is 6.80. The first-order chi connectivity index (χ1) is 6.99. The lowest BCUT2D eigenvalue weighted by Gasteiger charge is -2.26. The predicted molar refractivity (Wildman–Crippen MR) is 65.3 cm³/mol. The van der Waals surface area contributed by atoms with Gasteiger partial charge in [-0.15, -0.1) is 0 Å². The third-order valence-electron chi connectivity index (χ3n) is 2.90. The van der Waals surface area contributed by atoms with E-state index in [-0.39, 0.29) is 11.2 Å². The molecule has 0 aliphatic carbocycles. The minimum Gasteiger partial charge on any atom is -0.330 e. The maximum atomic E-state index is 13.1. The highest BCUT2D eigenvalue weighted by Gasteiger charge is 2.20. The Morgan fingerprint density at radius 1 is 1.40 bits per heavy atom. The van der Waals surface area contributed by atoms with Gasteiger partial charge in [0.2, 0.25) is 0 Å². The first-order valence-electron chi connectivity index (χ1n) is 5.14. The van der Waals surface area contributed by atoms with Crippen molar-refractivity contribution in [1.82, 2.24) is 0 Å². The zero-order valence-corrected chi connectivity index (χ0v) is 10.8. The molecule has 0 aliphatic rings. The second-order valence-electron chi connectivity index (χ2n) is 4.32. The van der Waals surface area contributed by atoms with E-state index in [4.69, 9.17) is 5.73 Å². The van der Waals surface area contributed by atoms with Gasteiger partial charge >= 0.3 is 0 Å². The fourth-order valence-corrected chi connectivity index (χ4v) is 2.06. The summed E-state index contributed by atoms with van der Waals surface area (Å²) in [5.74, 6) is -0.199. The van der Waals surface area contributed by atoms with Gasteiger partial charge < -0.3 is 5.73 Å². The Kier molecular flexibility index (Phi) is 4.29. The molecule has 0 amide bonds. The fraction of sp³-hybridized carbons (Fsp3) is 0.500. The molecule has 0 saturated heterocycles. The van der Waals surface area contributed by atoms with Crippen molar-refractivity contribution in [3.63, 3.8) is 0 Å². The van der Waals surface area contributed by atoms with E-state index < -0.39 is 0 Å². The van der Waals surface area contributed by atoms with Gasteiger partial charge in [-0.3, -0.25) is 0 Å². The highest BCUT2D eigenvalue weighted by Crippen LogP contribution is 2.26. The molecule has 1 aromatic rings. The first kappa shape index (κ1) is 12.7. The molecule has 0 bridgehead atoms. The first-order valence-corrected chi connectivity index (χ1v) is 5.93.